The predicted octanol–water partition coefficient (Wildman–Crippen LogP) is 4.60. The predicted molar refractivity (Wildman–Crippen MR) is 107 cm³/mol. The third kappa shape index (κ3) is 3.77. The fourth-order valence-electron chi connectivity index (χ4n) is 2.80. The summed E-state index contributed by atoms with van der Waals surface area (Å²) in [5.41, 5.74) is 1.06. The zero-order valence-electron chi connectivity index (χ0n) is 16.2. The fraction of sp³-hybridized carbons (Fsp3) is 0.300. The number of ether oxygens (including phenoxy) is 3. The zero-order valence-corrected chi connectivity index (χ0v) is 17.0. The van der Waals surface area contributed by atoms with Crippen molar-refractivity contribution in [2.75, 3.05) is 27.1 Å². The summed E-state index contributed by atoms with van der Waals surface area (Å²) in [6, 6.07) is 10.1. The maximum absolute atomic E-state index is 14.6. The maximum atomic E-state index is 14.6. The van der Waals surface area contributed by atoms with Gasteiger partial charge in [0.05, 0.1) is 27.0 Å². The van der Waals surface area contributed by atoms with Crippen LogP contribution in [0, 0.1) is 5.82 Å². The first-order chi connectivity index (χ1) is 13.6. The molecule has 1 aromatic heterocycles. The fourth-order valence-corrected chi connectivity index (χ4v) is 3.60. The molecule has 0 saturated carbocycles. The molecule has 0 unspecified atom stereocenters. The Labute approximate surface area is 167 Å². The lowest BCUT2D eigenvalue weighted by Gasteiger charge is -2.15. The van der Waals surface area contributed by atoms with E-state index in [2.05, 4.69) is 17.1 Å². The Morgan fingerprint density at radius 2 is 1.68 bits per heavy atom. The Morgan fingerprint density at radius 3 is 2.25 bits per heavy atom. The molecule has 3 rings (SSSR count). The Hall–Kier alpha value is -2.74. The van der Waals surface area contributed by atoms with E-state index in [1.54, 1.807) is 56.2 Å². The number of halogens is 1. The summed E-state index contributed by atoms with van der Waals surface area (Å²) in [6.07, 6.45) is 0.967. The minimum absolute atomic E-state index is 0.352. The summed E-state index contributed by atoms with van der Waals surface area (Å²) < 4.78 is 32.6. The van der Waals surface area contributed by atoms with Gasteiger partial charge in [0.15, 0.2) is 22.5 Å². The van der Waals surface area contributed by atoms with Crippen LogP contribution in [0.5, 0.6) is 17.2 Å². The van der Waals surface area contributed by atoms with E-state index in [0.29, 0.717) is 39.5 Å². The van der Waals surface area contributed by atoms with Crippen LogP contribution in [0.1, 0.15) is 13.3 Å². The van der Waals surface area contributed by atoms with Crippen molar-refractivity contribution in [3.05, 3.63) is 42.2 Å². The van der Waals surface area contributed by atoms with Gasteiger partial charge in [-0.3, -0.25) is 4.57 Å². The minimum atomic E-state index is -0.352. The largest absolute Gasteiger partial charge is 0.493 e. The van der Waals surface area contributed by atoms with E-state index in [9.17, 15) is 4.39 Å². The number of benzene rings is 2. The van der Waals surface area contributed by atoms with E-state index in [-0.39, 0.29) is 5.82 Å². The summed E-state index contributed by atoms with van der Waals surface area (Å²) in [4.78, 5) is 0. The minimum Gasteiger partial charge on any atom is -0.493 e. The quantitative estimate of drug-likeness (QED) is 0.512. The summed E-state index contributed by atoms with van der Waals surface area (Å²) in [6.45, 7) is 2.08. The van der Waals surface area contributed by atoms with Gasteiger partial charge in [0.1, 0.15) is 5.82 Å². The molecule has 3 aromatic rings. The maximum Gasteiger partial charge on any atom is 0.203 e. The number of nitrogens with zero attached hydrogens (tertiary/aromatic N) is 3. The summed E-state index contributed by atoms with van der Waals surface area (Å²) >= 11 is 1.53. The molecule has 0 aliphatic heterocycles. The Kier molecular flexibility index (Phi) is 6.41. The lowest BCUT2D eigenvalue weighted by molar-refractivity contribution is 0.324. The SMILES string of the molecule is CCCSc1nnc(-c2cc(OC)c(OC)c(OC)c2)n1-c1ccccc1F. The van der Waals surface area contributed by atoms with Gasteiger partial charge >= 0.3 is 0 Å². The standard InChI is InChI=1S/C20H22FN3O3S/c1-5-10-28-20-23-22-19(24(20)15-9-7-6-8-14(15)21)13-11-16(25-2)18(27-4)17(12-13)26-3/h6-9,11-12H,5,10H2,1-4H3. The molecule has 8 heteroatoms. The number of rotatable bonds is 8. The van der Waals surface area contributed by atoms with E-state index < -0.39 is 0 Å². The van der Waals surface area contributed by atoms with Gasteiger partial charge in [-0.15, -0.1) is 10.2 Å². The average molecular weight is 403 g/mol. The third-order valence-corrected chi connectivity index (χ3v) is 5.22. The number of methoxy groups -OCH3 is 3. The van der Waals surface area contributed by atoms with Gasteiger partial charge in [-0.25, -0.2) is 4.39 Å². The number of hydrogen-bond donors (Lipinski definition) is 0. The van der Waals surface area contributed by atoms with Crippen LogP contribution >= 0.6 is 11.8 Å². The highest BCUT2D eigenvalue weighted by atomic mass is 32.2. The molecular formula is C20H22FN3O3S. The molecule has 6 nitrogen and oxygen atoms in total. The zero-order chi connectivity index (χ0) is 20.1. The molecule has 0 aliphatic rings. The van der Waals surface area contributed by atoms with Crippen molar-refractivity contribution in [3.8, 4) is 34.3 Å². The molecule has 0 amide bonds. The molecule has 0 bridgehead atoms. The topological polar surface area (TPSA) is 58.4 Å². The summed E-state index contributed by atoms with van der Waals surface area (Å²) in [5.74, 6) is 2.44. The van der Waals surface area contributed by atoms with E-state index >= 15 is 0 Å². The van der Waals surface area contributed by atoms with Gasteiger partial charge in [-0.1, -0.05) is 30.8 Å². The molecule has 0 atom stereocenters. The number of hydrogen-bond acceptors (Lipinski definition) is 6. The van der Waals surface area contributed by atoms with Crippen LogP contribution in [0.2, 0.25) is 0 Å². The van der Waals surface area contributed by atoms with Gasteiger partial charge in [0.2, 0.25) is 5.75 Å². The lowest BCUT2D eigenvalue weighted by atomic mass is 10.1. The van der Waals surface area contributed by atoms with Crippen LogP contribution in [0.3, 0.4) is 0 Å². The van der Waals surface area contributed by atoms with E-state index in [4.69, 9.17) is 14.2 Å². The van der Waals surface area contributed by atoms with Crippen LogP contribution in [0.4, 0.5) is 4.39 Å². The molecule has 2 aromatic carbocycles. The number of aromatic nitrogens is 3. The normalized spacial score (nSPS) is 10.8. The van der Waals surface area contributed by atoms with Gasteiger partial charge < -0.3 is 14.2 Å². The second kappa shape index (κ2) is 8.97. The first-order valence-corrected chi connectivity index (χ1v) is 9.76. The Morgan fingerprint density at radius 1 is 1.00 bits per heavy atom. The molecule has 0 spiro atoms. The molecule has 0 saturated heterocycles. The van der Waals surface area contributed by atoms with Crippen molar-refractivity contribution in [1.29, 1.82) is 0 Å². The Balaban J connectivity index is 2.23. The third-order valence-electron chi connectivity index (χ3n) is 4.08. The highest BCUT2D eigenvalue weighted by molar-refractivity contribution is 7.99. The monoisotopic (exact) mass is 403 g/mol. The first kappa shape index (κ1) is 20.0. The van der Waals surface area contributed by atoms with Crippen molar-refractivity contribution in [1.82, 2.24) is 14.8 Å². The van der Waals surface area contributed by atoms with E-state index in [1.807, 2.05) is 0 Å². The second-order valence-electron chi connectivity index (χ2n) is 5.86. The molecule has 148 valence electrons. The molecule has 0 fully saturated rings. The average Bonchev–Trinajstić information content (AvgIpc) is 3.14. The van der Waals surface area contributed by atoms with Crippen LogP contribution in [-0.4, -0.2) is 41.8 Å². The highest BCUT2D eigenvalue weighted by Crippen LogP contribution is 2.41. The van der Waals surface area contributed by atoms with Crippen LogP contribution in [-0.2, 0) is 0 Å². The van der Waals surface area contributed by atoms with Crippen molar-refractivity contribution in [2.45, 2.75) is 18.5 Å². The van der Waals surface area contributed by atoms with E-state index in [0.717, 1.165) is 12.2 Å². The summed E-state index contributed by atoms with van der Waals surface area (Å²) in [5, 5.41) is 9.26. The smallest absolute Gasteiger partial charge is 0.203 e. The first-order valence-electron chi connectivity index (χ1n) is 8.78. The van der Waals surface area contributed by atoms with Crippen LogP contribution in [0.15, 0.2) is 41.6 Å². The summed E-state index contributed by atoms with van der Waals surface area (Å²) in [7, 11) is 4.64. The van der Waals surface area contributed by atoms with Gasteiger partial charge in [0, 0.05) is 11.3 Å². The van der Waals surface area contributed by atoms with Crippen LogP contribution < -0.4 is 14.2 Å². The molecular weight excluding hydrogens is 381 g/mol. The van der Waals surface area contributed by atoms with E-state index in [1.165, 1.54) is 17.8 Å². The van der Waals surface area contributed by atoms with Crippen LogP contribution in [0.25, 0.3) is 17.1 Å². The highest BCUT2D eigenvalue weighted by Gasteiger charge is 2.22. The number of thioether (sulfide) groups is 1. The lowest BCUT2D eigenvalue weighted by Crippen LogP contribution is -2.03. The molecule has 0 N–H and O–H groups in total. The molecule has 1 heterocycles. The second-order valence-corrected chi connectivity index (χ2v) is 6.92. The van der Waals surface area contributed by atoms with Gasteiger partial charge in [-0.05, 0) is 30.7 Å². The van der Waals surface area contributed by atoms with Crippen molar-refractivity contribution < 1.29 is 18.6 Å². The molecule has 0 radical (unpaired) electrons. The molecule has 0 aliphatic carbocycles. The van der Waals surface area contributed by atoms with Crippen molar-refractivity contribution in [3.63, 3.8) is 0 Å². The van der Waals surface area contributed by atoms with Crippen molar-refractivity contribution >= 4 is 11.8 Å². The van der Waals surface area contributed by atoms with Crippen molar-refractivity contribution in [2.24, 2.45) is 0 Å². The van der Waals surface area contributed by atoms with Gasteiger partial charge in [-0.2, -0.15) is 0 Å². The Bertz CT molecular complexity index is 937. The molecule has 28 heavy (non-hydrogen) atoms. The van der Waals surface area contributed by atoms with Gasteiger partial charge in [0.25, 0.3) is 0 Å². The number of para-hydroxylation sites is 1.